The van der Waals surface area contributed by atoms with E-state index in [1.165, 1.54) is 0 Å². The molecule has 0 bridgehead atoms. The Morgan fingerprint density at radius 2 is 1.92 bits per heavy atom. The van der Waals surface area contributed by atoms with Gasteiger partial charge in [0.05, 0.1) is 5.41 Å². The Labute approximate surface area is 145 Å². The Bertz CT molecular complexity index is 572. The van der Waals surface area contributed by atoms with Gasteiger partial charge in [0.15, 0.2) is 0 Å². The lowest BCUT2D eigenvalue weighted by Gasteiger charge is -2.33. The molecule has 24 heavy (non-hydrogen) atoms. The smallest absolute Gasteiger partial charge is 0.229 e. The molecule has 0 unspecified atom stereocenters. The molecule has 0 atom stereocenters. The Balaban J connectivity index is 1.74. The molecule has 1 aliphatic heterocycles. The summed E-state index contributed by atoms with van der Waals surface area (Å²) in [4.78, 5) is 23.2. The maximum Gasteiger partial charge on any atom is 0.229 e. The molecule has 0 spiro atoms. The Morgan fingerprint density at radius 3 is 2.46 bits per heavy atom. The second kappa shape index (κ2) is 7.88. The SMILES string of the molecule is C=C(C)C(C)(C)C(=O)NCC1CCN(Cc2cnc(C)nc2)CC1. The van der Waals surface area contributed by atoms with Crippen molar-refractivity contribution in [3.8, 4) is 0 Å². The van der Waals surface area contributed by atoms with Gasteiger partial charge in [-0.15, -0.1) is 0 Å². The second-order valence-corrected chi connectivity index (χ2v) is 7.47. The van der Waals surface area contributed by atoms with Crippen LogP contribution in [-0.4, -0.2) is 40.4 Å². The Morgan fingerprint density at radius 1 is 1.33 bits per heavy atom. The Hall–Kier alpha value is -1.75. The van der Waals surface area contributed by atoms with E-state index in [9.17, 15) is 4.79 Å². The number of hydrogen-bond donors (Lipinski definition) is 1. The van der Waals surface area contributed by atoms with Crippen LogP contribution < -0.4 is 5.32 Å². The van der Waals surface area contributed by atoms with Crippen molar-refractivity contribution in [1.29, 1.82) is 0 Å². The molecule has 1 amide bonds. The molecule has 1 aromatic heterocycles. The highest BCUT2D eigenvalue weighted by Gasteiger charge is 2.29. The predicted molar refractivity (Wildman–Crippen MR) is 96.4 cm³/mol. The first-order chi connectivity index (χ1) is 11.3. The van der Waals surface area contributed by atoms with Crippen LogP contribution in [0.4, 0.5) is 0 Å². The zero-order chi connectivity index (χ0) is 17.7. The van der Waals surface area contributed by atoms with Crippen LogP contribution in [0.2, 0.25) is 0 Å². The minimum absolute atomic E-state index is 0.0780. The summed E-state index contributed by atoms with van der Waals surface area (Å²) < 4.78 is 0. The fraction of sp³-hybridized carbons (Fsp3) is 0.632. The van der Waals surface area contributed by atoms with Gasteiger partial charge in [-0.05, 0) is 59.5 Å². The molecule has 1 aromatic rings. The zero-order valence-corrected chi connectivity index (χ0v) is 15.4. The van der Waals surface area contributed by atoms with E-state index in [4.69, 9.17) is 0 Å². The van der Waals surface area contributed by atoms with Crippen LogP contribution in [0.3, 0.4) is 0 Å². The van der Waals surface area contributed by atoms with Crippen LogP contribution >= 0.6 is 0 Å². The molecule has 0 aromatic carbocycles. The summed E-state index contributed by atoms with van der Waals surface area (Å²) in [6.45, 7) is 15.4. The van der Waals surface area contributed by atoms with Crippen molar-refractivity contribution in [3.05, 3.63) is 35.9 Å². The van der Waals surface area contributed by atoms with Gasteiger partial charge in [-0.25, -0.2) is 9.97 Å². The minimum Gasteiger partial charge on any atom is -0.355 e. The van der Waals surface area contributed by atoms with Gasteiger partial charge in [0, 0.05) is 31.0 Å². The van der Waals surface area contributed by atoms with Crippen LogP contribution in [0.15, 0.2) is 24.5 Å². The second-order valence-electron chi connectivity index (χ2n) is 7.47. The van der Waals surface area contributed by atoms with Crippen molar-refractivity contribution in [1.82, 2.24) is 20.2 Å². The van der Waals surface area contributed by atoms with E-state index in [0.29, 0.717) is 5.92 Å². The molecule has 1 saturated heterocycles. The lowest BCUT2D eigenvalue weighted by atomic mass is 9.85. The average molecular weight is 330 g/mol. The van der Waals surface area contributed by atoms with Crippen LogP contribution in [0.5, 0.6) is 0 Å². The van der Waals surface area contributed by atoms with Crippen LogP contribution in [0.1, 0.15) is 45.0 Å². The van der Waals surface area contributed by atoms with Crippen molar-refractivity contribution >= 4 is 5.91 Å². The lowest BCUT2D eigenvalue weighted by Crippen LogP contribution is -2.42. The third kappa shape index (κ3) is 4.87. The van der Waals surface area contributed by atoms with E-state index < -0.39 is 5.41 Å². The van der Waals surface area contributed by atoms with E-state index in [1.54, 1.807) is 0 Å². The highest BCUT2D eigenvalue weighted by molar-refractivity contribution is 5.84. The fourth-order valence-corrected chi connectivity index (χ4v) is 2.76. The van der Waals surface area contributed by atoms with Gasteiger partial charge in [-0.3, -0.25) is 9.69 Å². The number of piperidine rings is 1. The number of likely N-dealkylation sites (tertiary alicyclic amines) is 1. The summed E-state index contributed by atoms with van der Waals surface area (Å²) in [5.41, 5.74) is 1.57. The number of carbonyl (C=O) groups is 1. The predicted octanol–water partition coefficient (Wildman–Crippen LogP) is 2.72. The third-order valence-electron chi connectivity index (χ3n) is 5.13. The van der Waals surface area contributed by atoms with E-state index in [2.05, 4.69) is 26.8 Å². The summed E-state index contributed by atoms with van der Waals surface area (Å²) in [5.74, 6) is 1.44. The van der Waals surface area contributed by atoms with Crippen molar-refractivity contribution in [2.45, 2.75) is 47.1 Å². The Kier molecular flexibility index (Phi) is 6.10. The summed E-state index contributed by atoms with van der Waals surface area (Å²) in [6, 6.07) is 0. The van der Waals surface area contributed by atoms with E-state index in [-0.39, 0.29) is 5.91 Å². The van der Waals surface area contributed by atoms with Gasteiger partial charge < -0.3 is 5.32 Å². The van der Waals surface area contributed by atoms with Crippen LogP contribution in [0, 0.1) is 18.3 Å². The number of aromatic nitrogens is 2. The standard InChI is InChI=1S/C19H30N4O/c1-14(2)19(4,5)18(24)22-10-16-6-8-23(9-7-16)13-17-11-20-15(3)21-12-17/h11-12,16H,1,6-10,13H2,2-5H3,(H,22,24). The van der Waals surface area contributed by atoms with Gasteiger partial charge in [0.1, 0.15) is 5.82 Å². The summed E-state index contributed by atoms with van der Waals surface area (Å²) in [7, 11) is 0. The number of nitrogens with zero attached hydrogens (tertiary/aromatic N) is 3. The minimum atomic E-state index is -0.494. The zero-order valence-electron chi connectivity index (χ0n) is 15.4. The maximum absolute atomic E-state index is 12.3. The first-order valence-corrected chi connectivity index (χ1v) is 8.73. The summed E-state index contributed by atoms with van der Waals surface area (Å²) in [5, 5.41) is 3.11. The van der Waals surface area contributed by atoms with Crippen molar-refractivity contribution in [2.24, 2.45) is 11.3 Å². The molecule has 132 valence electrons. The van der Waals surface area contributed by atoms with E-state index >= 15 is 0 Å². The quantitative estimate of drug-likeness (QED) is 0.815. The molecule has 0 aliphatic carbocycles. The lowest BCUT2D eigenvalue weighted by molar-refractivity contribution is -0.127. The van der Waals surface area contributed by atoms with Gasteiger partial charge in [0.2, 0.25) is 5.91 Å². The molecule has 5 nitrogen and oxygen atoms in total. The van der Waals surface area contributed by atoms with Crippen molar-refractivity contribution in [2.75, 3.05) is 19.6 Å². The first kappa shape index (κ1) is 18.6. The number of amides is 1. The maximum atomic E-state index is 12.3. The van der Waals surface area contributed by atoms with Crippen LogP contribution in [-0.2, 0) is 11.3 Å². The van der Waals surface area contributed by atoms with Gasteiger partial charge in [0.25, 0.3) is 0 Å². The molecule has 5 heteroatoms. The van der Waals surface area contributed by atoms with E-state index in [1.807, 2.05) is 40.1 Å². The number of nitrogens with one attached hydrogen (secondary N) is 1. The van der Waals surface area contributed by atoms with Crippen molar-refractivity contribution < 1.29 is 4.79 Å². The van der Waals surface area contributed by atoms with Gasteiger partial charge >= 0.3 is 0 Å². The summed E-state index contributed by atoms with van der Waals surface area (Å²) >= 11 is 0. The molecule has 0 radical (unpaired) electrons. The third-order valence-corrected chi connectivity index (χ3v) is 5.13. The fourth-order valence-electron chi connectivity index (χ4n) is 2.76. The molecule has 1 N–H and O–H groups in total. The van der Waals surface area contributed by atoms with Gasteiger partial charge in [-0.1, -0.05) is 12.2 Å². The molecule has 2 rings (SSSR count). The first-order valence-electron chi connectivity index (χ1n) is 8.73. The topological polar surface area (TPSA) is 58.1 Å². The highest BCUT2D eigenvalue weighted by Crippen LogP contribution is 2.25. The molecular formula is C19H30N4O. The number of aryl methyl sites for hydroxylation is 1. The van der Waals surface area contributed by atoms with Gasteiger partial charge in [-0.2, -0.15) is 0 Å². The van der Waals surface area contributed by atoms with Crippen molar-refractivity contribution in [3.63, 3.8) is 0 Å². The number of hydrogen-bond acceptors (Lipinski definition) is 4. The monoisotopic (exact) mass is 330 g/mol. The molecule has 0 saturated carbocycles. The van der Waals surface area contributed by atoms with Crippen LogP contribution in [0.25, 0.3) is 0 Å². The highest BCUT2D eigenvalue weighted by atomic mass is 16.2. The molecule has 1 aliphatic rings. The number of rotatable bonds is 6. The normalized spacial score (nSPS) is 16.8. The molecule has 1 fully saturated rings. The largest absolute Gasteiger partial charge is 0.355 e. The molecule has 2 heterocycles. The van der Waals surface area contributed by atoms with E-state index in [0.717, 1.165) is 56.0 Å². The molecular weight excluding hydrogens is 300 g/mol. The number of carbonyl (C=O) groups excluding carboxylic acids is 1. The average Bonchev–Trinajstić information content (AvgIpc) is 2.55. The summed E-state index contributed by atoms with van der Waals surface area (Å²) in [6.07, 6.45) is 6.05.